The molecule has 0 saturated carbocycles. The highest BCUT2D eigenvalue weighted by Gasteiger charge is 2.04. The second-order valence-electron chi connectivity index (χ2n) is 3.77. The molecule has 0 amide bonds. The predicted octanol–water partition coefficient (Wildman–Crippen LogP) is 2.03. The molecule has 0 bridgehead atoms. The van der Waals surface area contributed by atoms with Gasteiger partial charge in [-0.3, -0.25) is 4.90 Å². The standard InChI is InChI=1S/C13H22N2/c1-3-15(4-2)11-13-8-6-5-7-12(13)9-10-14/h5-8H,3-4,9-11,14H2,1-2H3. The largest absolute Gasteiger partial charge is 0.330 e. The quantitative estimate of drug-likeness (QED) is 0.771. The maximum atomic E-state index is 5.61. The highest BCUT2D eigenvalue weighted by molar-refractivity contribution is 5.27. The molecule has 0 radical (unpaired) electrons. The second-order valence-corrected chi connectivity index (χ2v) is 3.77. The lowest BCUT2D eigenvalue weighted by Crippen LogP contribution is -2.23. The third-order valence-corrected chi connectivity index (χ3v) is 2.82. The van der Waals surface area contributed by atoms with Gasteiger partial charge in [0, 0.05) is 6.54 Å². The van der Waals surface area contributed by atoms with Gasteiger partial charge in [0.15, 0.2) is 0 Å². The Bertz CT molecular complexity index is 280. The Balaban J connectivity index is 2.73. The molecule has 0 atom stereocenters. The molecule has 0 unspecified atom stereocenters. The molecule has 0 saturated heterocycles. The van der Waals surface area contributed by atoms with Gasteiger partial charge < -0.3 is 5.73 Å². The van der Waals surface area contributed by atoms with Crippen LogP contribution in [-0.4, -0.2) is 24.5 Å². The summed E-state index contributed by atoms with van der Waals surface area (Å²) in [4.78, 5) is 2.43. The summed E-state index contributed by atoms with van der Waals surface area (Å²) in [6, 6.07) is 8.60. The van der Waals surface area contributed by atoms with Crippen molar-refractivity contribution in [2.45, 2.75) is 26.8 Å². The summed E-state index contributed by atoms with van der Waals surface area (Å²) < 4.78 is 0. The van der Waals surface area contributed by atoms with Crippen molar-refractivity contribution in [2.75, 3.05) is 19.6 Å². The lowest BCUT2D eigenvalue weighted by Gasteiger charge is -2.19. The van der Waals surface area contributed by atoms with E-state index in [1.54, 1.807) is 0 Å². The Morgan fingerprint density at radius 3 is 2.20 bits per heavy atom. The molecule has 2 nitrogen and oxygen atoms in total. The van der Waals surface area contributed by atoms with Crippen LogP contribution in [0.1, 0.15) is 25.0 Å². The fourth-order valence-electron chi connectivity index (χ4n) is 1.80. The van der Waals surface area contributed by atoms with Crippen molar-refractivity contribution in [3.05, 3.63) is 35.4 Å². The van der Waals surface area contributed by atoms with Crippen LogP contribution in [0.3, 0.4) is 0 Å². The molecule has 0 aliphatic rings. The highest BCUT2D eigenvalue weighted by atomic mass is 15.1. The minimum absolute atomic E-state index is 0.731. The summed E-state index contributed by atoms with van der Waals surface area (Å²) in [5.41, 5.74) is 8.43. The maximum absolute atomic E-state index is 5.61. The molecule has 84 valence electrons. The summed E-state index contributed by atoms with van der Waals surface area (Å²) in [7, 11) is 0. The first kappa shape index (κ1) is 12.2. The molecular weight excluding hydrogens is 184 g/mol. The van der Waals surface area contributed by atoms with Crippen molar-refractivity contribution >= 4 is 0 Å². The summed E-state index contributed by atoms with van der Waals surface area (Å²) in [6.45, 7) is 8.39. The number of nitrogens with two attached hydrogens (primary N) is 1. The van der Waals surface area contributed by atoms with Crippen LogP contribution in [0, 0.1) is 0 Å². The van der Waals surface area contributed by atoms with Crippen molar-refractivity contribution in [3.8, 4) is 0 Å². The third kappa shape index (κ3) is 3.65. The van der Waals surface area contributed by atoms with Crippen LogP contribution in [0.5, 0.6) is 0 Å². The van der Waals surface area contributed by atoms with E-state index < -0.39 is 0 Å². The summed E-state index contributed by atoms with van der Waals surface area (Å²) >= 11 is 0. The zero-order chi connectivity index (χ0) is 11.1. The number of benzene rings is 1. The highest BCUT2D eigenvalue weighted by Crippen LogP contribution is 2.11. The summed E-state index contributed by atoms with van der Waals surface area (Å²) in [5, 5.41) is 0. The lowest BCUT2D eigenvalue weighted by molar-refractivity contribution is 0.295. The van der Waals surface area contributed by atoms with Gasteiger partial charge in [0.05, 0.1) is 0 Å². The molecule has 0 fully saturated rings. The smallest absolute Gasteiger partial charge is 0.0236 e. The first-order valence-corrected chi connectivity index (χ1v) is 5.81. The lowest BCUT2D eigenvalue weighted by atomic mass is 10.0. The van der Waals surface area contributed by atoms with Crippen LogP contribution < -0.4 is 5.73 Å². The number of rotatable bonds is 6. The average Bonchev–Trinajstić information content (AvgIpc) is 2.28. The monoisotopic (exact) mass is 206 g/mol. The van der Waals surface area contributed by atoms with Gasteiger partial charge in [-0.25, -0.2) is 0 Å². The minimum atomic E-state index is 0.731. The van der Waals surface area contributed by atoms with Crippen molar-refractivity contribution in [3.63, 3.8) is 0 Å². The molecule has 1 aromatic rings. The van der Waals surface area contributed by atoms with E-state index >= 15 is 0 Å². The van der Waals surface area contributed by atoms with Crippen molar-refractivity contribution in [1.82, 2.24) is 4.90 Å². The van der Waals surface area contributed by atoms with Gasteiger partial charge in [-0.1, -0.05) is 38.1 Å². The Morgan fingerprint density at radius 2 is 1.67 bits per heavy atom. The Morgan fingerprint density at radius 1 is 1.07 bits per heavy atom. The maximum Gasteiger partial charge on any atom is 0.0236 e. The SMILES string of the molecule is CCN(CC)Cc1ccccc1CCN. The van der Waals surface area contributed by atoms with E-state index in [-0.39, 0.29) is 0 Å². The van der Waals surface area contributed by atoms with E-state index in [2.05, 4.69) is 43.0 Å². The molecule has 0 spiro atoms. The van der Waals surface area contributed by atoms with E-state index in [9.17, 15) is 0 Å². The first-order chi connectivity index (χ1) is 7.31. The van der Waals surface area contributed by atoms with E-state index in [1.807, 2.05) is 0 Å². The van der Waals surface area contributed by atoms with E-state index in [4.69, 9.17) is 5.73 Å². The zero-order valence-corrected chi connectivity index (χ0v) is 9.87. The van der Waals surface area contributed by atoms with Crippen LogP contribution in [0.25, 0.3) is 0 Å². The van der Waals surface area contributed by atoms with Crippen LogP contribution in [0.15, 0.2) is 24.3 Å². The summed E-state index contributed by atoms with van der Waals surface area (Å²) in [6.07, 6.45) is 0.984. The minimum Gasteiger partial charge on any atom is -0.330 e. The van der Waals surface area contributed by atoms with Gasteiger partial charge in [0.2, 0.25) is 0 Å². The van der Waals surface area contributed by atoms with E-state index in [1.165, 1.54) is 11.1 Å². The molecule has 1 aromatic carbocycles. The zero-order valence-electron chi connectivity index (χ0n) is 9.87. The molecule has 1 rings (SSSR count). The molecule has 0 aliphatic heterocycles. The molecule has 2 N–H and O–H groups in total. The number of hydrogen-bond acceptors (Lipinski definition) is 2. The van der Waals surface area contributed by atoms with Crippen LogP contribution in [-0.2, 0) is 13.0 Å². The Labute approximate surface area is 93.1 Å². The van der Waals surface area contributed by atoms with Crippen LogP contribution in [0.2, 0.25) is 0 Å². The van der Waals surface area contributed by atoms with Crippen molar-refractivity contribution in [2.24, 2.45) is 5.73 Å². The molecule has 0 heterocycles. The van der Waals surface area contributed by atoms with E-state index in [0.717, 1.165) is 32.6 Å². The number of nitrogens with zero attached hydrogens (tertiary/aromatic N) is 1. The molecule has 15 heavy (non-hydrogen) atoms. The summed E-state index contributed by atoms with van der Waals surface area (Å²) in [5.74, 6) is 0. The van der Waals surface area contributed by atoms with Gasteiger partial charge in [0.25, 0.3) is 0 Å². The van der Waals surface area contributed by atoms with Gasteiger partial charge in [-0.15, -0.1) is 0 Å². The molecule has 0 aromatic heterocycles. The normalized spacial score (nSPS) is 10.9. The Kier molecular flexibility index (Phi) is 5.37. The van der Waals surface area contributed by atoms with Gasteiger partial charge >= 0.3 is 0 Å². The second kappa shape index (κ2) is 6.59. The van der Waals surface area contributed by atoms with Crippen LogP contribution in [0.4, 0.5) is 0 Å². The van der Waals surface area contributed by atoms with Crippen molar-refractivity contribution in [1.29, 1.82) is 0 Å². The van der Waals surface area contributed by atoms with Crippen molar-refractivity contribution < 1.29 is 0 Å². The topological polar surface area (TPSA) is 29.3 Å². The first-order valence-electron chi connectivity index (χ1n) is 5.81. The Hall–Kier alpha value is -0.860. The third-order valence-electron chi connectivity index (χ3n) is 2.82. The average molecular weight is 206 g/mol. The van der Waals surface area contributed by atoms with E-state index in [0.29, 0.717) is 0 Å². The van der Waals surface area contributed by atoms with Gasteiger partial charge in [-0.2, -0.15) is 0 Å². The fourth-order valence-corrected chi connectivity index (χ4v) is 1.80. The number of hydrogen-bond donors (Lipinski definition) is 1. The molecule has 2 heteroatoms. The fraction of sp³-hybridized carbons (Fsp3) is 0.538. The molecular formula is C13H22N2. The van der Waals surface area contributed by atoms with Crippen LogP contribution >= 0.6 is 0 Å². The van der Waals surface area contributed by atoms with Gasteiger partial charge in [0.1, 0.15) is 0 Å². The van der Waals surface area contributed by atoms with Gasteiger partial charge in [-0.05, 0) is 37.2 Å². The predicted molar refractivity (Wildman–Crippen MR) is 65.8 cm³/mol. The molecule has 0 aliphatic carbocycles.